The van der Waals surface area contributed by atoms with Crippen molar-refractivity contribution in [2.75, 3.05) is 0 Å². The molecule has 1 amide bonds. The van der Waals surface area contributed by atoms with E-state index in [2.05, 4.69) is 10.3 Å². The van der Waals surface area contributed by atoms with Gasteiger partial charge in [0.2, 0.25) is 5.91 Å². The Labute approximate surface area is 155 Å². The number of halogens is 1. The Hall–Kier alpha value is -3.48. The predicted molar refractivity (Wildman–Crippen MR) is 96.7 cm³/mol. The highest BCUT2D eigenvalue weighted by Crippen LogP contribution is 2.21. The van der Waals surface area contributed by atoms with Crippen LogP contribution >= 0.6 is 0 Å². The fraction of sp³-hybridized carbons (Fsp3) is 0.150. The number of carbonyl (C=O) groups is 2. The third kappa shape index (κ3) is 4.20. The molecule has 6 nitrogen and oxygen atoms in total. The van der Waals surface area contributed by atoms with Gasteiger partial charge in [-0.05, 0) is 29.3 Å². The molecule has 0 aliphatic rings. The summed E-state index contributed by atoms with van der Waals surface area (Å²) in [7, 11) is 1.80. The lowest BCUT2D eigenvalue weighted by Crippen LogP contribution is -2.32. The van der Waals surface area contributed by atoms with Gasteiger partial charge in [0.1, 0.15) is 17.7 Å². The van der Waals surface area contributed by atoms with E-state index in [0.29, 0.717) is 17.0 Å². The molecule has 7 heteroatoms. The van der Waals surface area contributed by atoms with E-state index >= 15 is 0 Å². The zero-order valence-electron chi connectivity index (χ0n) is 14.6. The average molecular weight is 367 g/mol. The van der Waals surface area contributed by atoms with Crippen LogP contribution in [0.2, 0.25) is 0 Å². The van der Waals surface area contributed by atoms with Gasteiger partial charge >= 0.3 is 5.97 Å². The summed E-state index contributed by atoms with van der Waals surface area (Å²) in [5.74, 6) is -1.24. The second kappa shape index (κ2) is 7.82. The maximum Gasteiger partial charge on any atom is 0.335 e. The molecule has 2 N–H and O–H groups in total. The first-order chi connectivity index (χ1) is 13.0. The number of benzene rings is 2. The van der Waals surface area contributed by atoms with Gasteiger partial charge in [-0.3, -0.25) is 4.79 Å². The smallest absolute Gasteiger partial charge is 0.335 e. The van der Waals surface area contributed by atoms with Crippen molar-refractivity contribution in [2.24, 2.45) is 7.05 Å². The van der Waals surface area contributed by atoms with Crippen molar-refractivity contribution < 1.29 is 19.1 Å². The highest BCUT2D eigenvalue weighted by molar-refractivity contribution is 5.91. The predicted octanol–water partition coefficient (Wildman–Crippen LogP) is 2.71. The quantitative estimate of drug-likeness (QED) is 0.702. The Morgan fingerprint density at radius 3 is 2.52 bits per heavy atom. The fourth-order valence-electron chi connectivity index (χ4n) is 2.88. The lowest BCUT2D eigenvalue weighted by molar-refractivity contribution is -0.121. The van der Waals surface area contributed by atoms with Crippen molar-refractivity contribution in [3.8, 4) is 0 Å². The number of hydrogen-bond donors (Lipinski definition) is 2. The number of carbonyl (C=O) groups excluding carboxylic acids is 1. The molecule has 0 aliphatic carbocycles. The molecule has 0 unspecified atom stereocenters. The van der Waals surface area contributed by atoms with Gasteiger partial charge in [-0.25, -0.2) is 14.2 Å². The maximum absolute atomic E-state index is 13.3. The molecule has 0 saturated carbocycles. The number of aromatic carboxylic acids is 1. The molecule has 1 aromatic heterocycles. The molecule has 138 valence electrons. The highest BCUT2D eigenvalue weighted by atomic mass is 19.1. The maximum atomic E-state index is 13.3. The topological polar surface area (TPSA) is 84.2 Å². The van der Waals surface area contributed by atoms with Crippen LogP contribution in [0.5, 0.6) is 0 Å². The van der Waals surface area contributed by atoms with E-state index in [-0.39, 0.29) is 23.7 Å². The van der Waals surface area contributed by atoms with E-state index in [1.165, 1.54) is 18.2 Å². The summed E-state index contributed by atoms with van der Waals surface area (Å²) in [6.45, 7) is 0. The van der Waals surface area contributed by atoms with Crippen LogP contribution in [0.3, 0.4) is 0 Å². The number of carboxylic acids is 1. The van der Waals surface area contributed by atoms with Gasteiger partial charge in [-0.1, -0.05) is 30.3 Å². The second-order valence-corrected chi connectivity index (χ2v) is 6.09. The number of aromatic nitrogens is 2. The number of rotatable bonds is 6. The largest absolute Gasteiger partial charge is 0.478 e. The van der Waals surface area contributed by atoms with Gasteiger partial charge in [0.05, 0.1) is 12.0 Å². The second-order valence-electron chi connectivity index (χ2n) is 6.09. The van der Waals surface area contributed by atoms with Crippen LogP contribution in [0, 0.1) is 5.82 Å². The molecule has 1 atom stereocenters. The number of nitrogens with one attached hydrogen (secondary N) is 1. The van der Waals surface area contributed by atoms with Crippen LogP contribution in [0.15, 0.2) is 60.9 Å². The summed E-state index contributed by atoms with van der Waals surface area (Å²) in [6, 6.07) is 11.6. The summed E-state index contributed by atoms with van der Waals surface area (Å²) in [4.78, 5) is 28.2. The standard InChI is InChI=1S/C20H18FN3O3/c1-24-11-10-22-19(24)18(13-6-8-15(21)9-7-13)23-17(25)12-14-4-2-3-5-16(14)20(26)27/h2-11,18H,12H2,1H3,(H,23,25)(H,26,27)/t18-/m0/s1. The first kappa shape index (κ1) is 18.3. The third-order valence-electron chi connectivity index (χ3n) is 4.22. The van der Waals surface area contributed by atoms with Gasteiger partial charge < -0.3 is 15.0 Å². The van der Waals surface area contributed by atoms with Gasteiger partial charge in [-0.15, -0.1) is 0 Å². The van der Waals surface area contributed by atoms with E-state index in [1.807, 2.05) is 0 Å². The molecule has 0 spiro atoms. The minimum absolute atomic E-state index is 0.0861. The van der Waals surface area contributed by atoms with Gasteiger partial charge in [0, 0.05) is 19.4 Å². The van der Waals surface area contributed by atoms with E-state index < -0.39 is 12.0 Å². The van der Waals surface area contributed by atoms with Crippen molar-refractivity contribution in [1.82, 2.24) is 14.9 Å². The van der Waals surface area contributed by atoms with E-state index in [0.717, 1.165) is 0 Å². The van der Waals surface area contributed by atoms with Gasteiger partial charge in [-0.2, -0.15) is 0 Å². The van der Waals surface area contributed by atoms with Crippen LogP contribution in [0.1, 0.15) is 33.4 Å². The van der Waals surface area contributed by atoms with Gasteiger partial charge in [0.25, 0.3) is 0 Å². The number of carboxylic acid groups (broad SMARTS) is 1. The zero-order valence-corrected chi connectivity index (χ0v) is 14.6. The molecule has 3 rings (SSSR count). The first-order valence-corrected chi connectivity index (χ1v) is 8.29. The van der Waals surface area contributed by atoms with Crippen LogP contribution in [0.25, 0.3) is 0 Å². The molecule has 0 aliphatic heterocycles. The van der Waals surface area contributed by atoms with Crippen LogP contribution in [-0.4, -0.2) is 26.5 Å². The number of nitrogens with zero attached hydrogens (tertiary/aromatic N) is 2. The Kier molecular flexibility index (Phi) is 5.30. The van der Waals surface area contributed by atoms with Crippen LogP contribution in [0.4, 0.5) is 4.39 Å². The van der Waals surface area contributed by atoms with Crippen molar-refractivity contribution in [3.05, 3.63) is 89.3 Å². The Balaban J connectivity index is 1.86. The van der Waals surface area contributed by atoms with E-state index in [9.17, 15) is 19.1 Å². The molecule has 0 fully saturated rings. The van der Waals surface area contributed by atoms with E-state index in [1.54, 1.807) is 54.3 Å². The molecule has 1 heterocycles. The summed E-state index contributed by atoms with van der Waals surface area (Å²) in [6.07, 6.45) is 3.26. The first-order valence-electron chi connectivity index (χ1n) is 8.29. The zero-order chi connectivity index (χ0) is 19.4. The molecule has 27 heavy (non-hydrogen) atoms. The SMILES string of the molecule is Cn1ccnc1[C@@H](NC(=O)Cc1ccccc1C(=O)O)c1ccc(F)cc1. The molecule has 0 bridgehead atoms. The summed E-state index contributed by atoms with van der Waals surface area (Å²) >= 11 is 0. The molecule has 3 aromatic rings. The lowest BCUT2D eigenvalue weighted by Gasteiger charge is -2.19. The monoisotopic (exact) mass is 367 g/mol. The van der Waals surface area contributed by atoms with Crippen molar-refractivity contribution >= 4 is 11.9 Å². The number of hydrogen-bond acceptors (Lipinski definition) is 3. The fourth-order valence-corrected chi connectivity index (χ4v) is 2.88. The molecule has 0 radical (unpaired) electrons. The lowest BCUT2D eigenvalue weighted by atomic mass is 10.0. The van der Waals surface area contributed by atoms with Crippen LogP contribution in [-0.2, 0) is 18.3 Å². The molecular weight excluding hydrogens is 349 g/mol. The number of amides is 1. The van der Waals surface area contributed by atoms with Crippen molar-refractivity contribution in [3.63, 3.8) is 0 Å². The number of imidazole rings is 1. The van der Waals surface area contributed by atoms with Gasteiger partial charge in [0.15, 0.2) is 0 Å². The third-order valence-corrected chi connectivity index (χ3v) is 4.22. The van der Waals surface area contributed by atoms with Crippen molar-refractivity contribution in [2.45, 2.75) is 12.5 Å². The Bertz CT molecular complexity index is 967. The summed E-state index contributed by atoms with van der Waals surface area (Å²) < 4.78 is 15.0. The van der Waals surface area contributed by atoms with E-state index in [4.69, 9.17) is 0 Å². The minimum Gasteiger partial charge on any atom is -0.478 e. The average Bonchev–Trinajstić information content (AvgIpc) is 3.06. The summed E-state index contributed by atoms with van der Waals surface area (Å²) in [5, 5.41) is 12.1. The van der Waals surface area contributed by atoms with Crippen LogP contribution < -0.4 is 5.32 Å². The summed E-state index contributed by atoms with van der Waals surface area (Å²) in [5.41, 5.74) is 1.17. The Morgan fingerprint density at radius 1 is 1.19 bits per heavy atom. The molecule has 2 aromatic carbocycles. The normalized spacial score (nSPS) is 11.8. The highest BCUT2D eigenvalue weighted by Gasteiger charge is 2.22. The number of aryl methyl sites for hydroxylation is 1. The minimum atomic E-state index is -1.09. The Morgan fingerprint density at radius 2 is 1.89 bits per heavy atom. The molecular formula is C20H18FN3O3. The van der Waals surface area contributed by atoms with Crippen molar-refractivity contribution in [1.29, 1.82) is 0 Å². The molecule has 0 saturated heterocycles.